The van der Waals surface area contributed by atoms with Crippen molar-refractivity contribution in [2.24, 2.45) is 0 Å². The number of nitrogens with one attached hydrogen (secondary N) is 1. The van der Waals surface area contributed by atoms with Crippen LogP contribution in [0.2, 0.25) is 0 Å². The second-order valence-corrected chi connectivity index (χ2v) is 7.82. The molecule has 0 bridgehead atoms. The van der Waals surface area contributed by atoms with Crippen LogP contribution in [0.1, 0.15) is 36.4 Å². The molecule has 4 nitrogen and oxygen atoms in total. The number of hydrogen-bond donors (Lipinski definition) is 1. The highest BCUT2D eigenvalue weighted by Gasteiger charge is 2.24. The number of benzene rings is 1. The number of rotatable bonds is 3. The third-order valence-corrected chi connectivity index (χ3v) is 5.65. The average molecular weight is 306 g/mol. The van der Waals surface area contributed by atoms with Gasteiger partial charge in [0.25, 0.3) is 0 Å². The molecule has 0 aliphatic carbocycles. The summed E-state index contributed by atoms with van der Waals surface area (Å²) in [7, 11) is -3.08. The van der Waals surface area contributed by atoms with Crippen molar-refractivity contribution in [3.8, 4) is 0 Å². The third-order valence-electron chi connectivity index (χ3n) is 4.38. The van der Waals surface area contributed by atoms with Crippen LogP contribution in [0.15, 0.2) is 30.3 Å². The summed E-state index contributed by atoms with van der Waals surface area (Å²) in [6, 6.07) is 8.96. The normalized spacial score (nSPS) is 24.0. The smallest absolute Gasteiger partial charge is 0.211 e. The minimum Gasteiger partial charge on any atom is -0.310 e. The lowest BCUT2D eigenvalue weighted by Crippen LogP contribution is -2.33. The molecule has 1 unspecified atom stereocenters. The molecule has 0 spiro atoms. The van der Waals surface area contributed by atoms with Crippen LogP contribution in [0, 0.1) is 0 Å². The van der Waals surface area contributed by atoms with Gasteiger partial charge in [0.05, 0.1) is 6.26 Å². The van der Waals surface area contributed by atoms with E-state index in [1.807, 2.05) is 0 Å². The van der Waals surface area contributed by atoms with Crippen LogP contribution in [0.3, 0.4) is 0 Å². The zero-order chi connectivity index (χ0) is 14.9. The van der Waals surface area contributed by atoms with Gasteiger partial charge in [-0.1, -0.05) is 30.3 Å². The molecule has 1 atom stereocenters. The van der Waals surface area contributed by atoms with E-state index in [1.165, 1.54) is 40.1 Å². The summed E-state index contributed by atoms with van der Waals surface area (Å²) in [5.41, 5.74) is 3.92. The lowest BCUT2D eigenvalue weighted by atomic mass is 9.91. The Morgan fingerprint density at radius 3 is 2.71 bits per heavy atom. The van der Waals surface area contributed by atoms with Crippen molar-refractivity contribution < 1.29 is 8.42 Å². The van der Waals surface area contributed by atoms with Crippen LogP contribution in [0.4, 0.5) is 0 Å². The molecule has 5 heteroatoms. The van der Waals surface area contributed by atoms with Crippen molar-refractivity contribution in [3.05, 3.63) is 41.5 Å². The van der Waals surface area contributed by atoms with E-state index in [1.54, 1.807) is 0 Å². The molecule has 2 aliphatic rings. The molecule has 0 saturated carbocycles. The molecule has 0 amide bonds. The molecule has 1 fully saturated rings. The summed E-state index contributed by atoms with van der Waals surface area (Å²) < 4.78 is 24.7. The highest BCUT2D eigenvalue weighted by molar-refractivity contribution is 7.88. The summed E-state index contributed by atoms with van der Waals surface area (Å²) in [6.07, 6.45) is 6.54. The monoisotopic (exact) mass is 306 g/mol. The van der Waals surface area contributed by atoms with E-state index in [0.717, 1.165) is 13.0 Å². The van der Waals surface area contributed by atoms with Gasteiger partial charge in [0, 0.05) is 19.1 Å². The lowest BCUT2D eigenvalue weighted by molar-refractivity contribution is 0.445. The zero-order valence-electron chi connectivity index (χ0n) is 12.4. The van der Waals surface area contributed by atoms with Crippen molar-refractivity contribution in [1.82, 2.24) is 9.62 Å². The second-order valence-electron chi connectivity index (χ2n) is 5.84. The van der Waals surface area contributed by atoms with Crippen LogP contribution in [0.25, 0.3) is 5.57 Å². The molecule has 114 valence electrons. The van der Waals surface area contributed by atoms with Gasteiger partial charge in [0.2, 0.25) is 10.0 Å². The van der Waals surface area contributed by atoms with Crippen molar-refractivity contribution in [3.63, 3.8) is 0 Å². The minimum absolute atomic E-state index is 0.440. The van der Waals surface area contributed by atoms with Gasteiger partial charge < -0.3 is 5.32 Å². The first kappa shape index (κ1) is 14.8. The topological polar surface area (TPSA) is 49.4 Å². The predicted molar refractivity (Wildman–Crippen MR) is 85.4 cm³/mol. The highest BCUT2D eigenvalue weighted by atomic mass is 32.2. The molecule has 2 heterocycles. The number of sulfonamides is 1. The van der Waals surface area contributed by atoms with Gasteiger partial charge >= 0.3 is 0 Å². The Kier molecular flexibility index (Phi) is 4.15. The fourth-order valence-electron chi connectivity index (χ4n) is 3.24. The first-order valence-electron chi connectivity index (χ1n) is 7.52. The predicted octanol–water partition coefficient (Wildman–Crippen LogP) is 2.16. The average Bonchev–Trinajstić information content (AvgIpc) is 3.01. The number of nitrogens with zero attached hydrogens (tertiary/aromatic N) is 1. The molecule has 1 aromatic carbocycles. The Balaban J connectivity index is 1.86. The summed E-state index contributed by atoms with van der Waals surface area (Å²) in [5.74, 6) is 0. The third kappa shape index (κ3) is 3.20. The summed E-state index contributed by atoms with van der Waals surface area (Å²) in [6.45, 7) is 2.15. The first-order valence-corrected chi connectivity index (χ1v) is 9.37. The Bertz CT molecular complexity index is 646. The van der Waals surface area contributed by atoms with Gasteiger partial charge in [-0.2, -0.15) is 4.31 Å². The first-order chi connectivity index (χ1) is 10.1. The van der Waals surface area contributed by atoms with Crippen LogP contribution in [0.5, 0.6) is 0 Å². The van der Waals surface area contributed by atoms with Crippen LogP contribution in [-0.4, -0.2) is 38.6 Å². The fraction of sp³-hybridized carbons (Fsp3) is 0.500. The molecule has 0 radical (unpaired) electrons. The van der Waals surface area contributed by atoms with Crippen LogP contribution < -0.4 is 5.32 Å². The maximum Gasteiger partial charge on any atom is 0.211 e. The van der Waals surface area contributed by atoms with E-state index < -0.39 is 10.0 Å². The van der Waals surface area contributed by atoms with Crippen LogP contribution >= 0.6 is 0 Å². The molecule has 2 aliphatic heterocycles. The molecule has 3 rings (SSSR count). The van der Waals surface area contributed by atoms with E-state index in [4.69, 9.17) is 0 Å². The largest absolute Gasteiger partial charge is 0.310 e. The Morgan fingerprint density at radius 1 is 1.29 bits per heavy atom. The van der Waals surface area contributed by atoms with Crippen LogP contribution in [-0.2, 0) is 10.0 Å². The van der Waals surface area contributed by atoms with Gasteiger partial charge in [0.15, 0.2) is 0 Å². The van der Waals surface area contributed by atoms with Gasteiger partial charge in [-0.25, -0.2) is 8.42 Å². The second kappa shape index (κ2) is 5.91. The lowest BCUT2D eigenvalue weighted by Gasteiger charge is -2.26. The Morgan fingerprint density at radius 2 is 2.10 bits per heavy atom. The highest BCUT2D eigenvalue weighted by Crippen LogP contribution is 2.32. The molecule has 21 heavy (non-hydrogen) atoms. The van der Waals surface area contributed by atoms with E-state index in [0.29, 0.717) is 19.1 Å². The van der Waals surface area contributed by atoms with Crippen molar-refractivity contribution in [1.29, 1.82) is 0 Å². The van der Waals surface area contributed by atoms with Crippen molar-refractivity contribution in [2.75, 3.05) is 25.9 Å². The van der Waals surface area contributed by atoms with Gasteiger partial charge in [-0.15, -0.1) is 0 Å². The molecule has 1 N–H and O–H groups in total. The quantitative estimate of drug-likeness (QED) is 0.931. The maximum atomic E-state index is 11.6. The number of hydrogen-bond acceptors (Lipinski definition) is 3. The Hall–Kier alpha value is -1.17. The van der Waals surface area contributed by atoms with Crippen molar-refractivity contribution >= 4 is 15.6 Å². The molecular formula is C16H22N2O2S. The molecular weight excluding hydrogens is 284 g/mol. The van der Waals surface area contributed by atoms with E-state index in [9.17, 15) is 8.42 Å². The molecule has 1 aromatic rings. The van der Waals surface area contributed by atoms with E-state index >= 15 is 0 Å². The zero-order valence-corrected chi connectivity index (χ0v) is 13.2. The minimum atomic E-state index is -3.08. The van der Waals surface area contributed by atoms with Gasteiger partial charge in [-0.05, 0) is 42.5 Å². The SMILES string of the molecule is CS(=O)(=O)N1CC=C(c2ccccc2C2CCCN2)CC1. The Labute approximate surface area is 126 Å². The summed E-state index contributed by atoms with van der Waals surface area (Å²) in [4.78, 5) is 0. The van der Waals surface area contributed by atoms with Gasteiger partial charge in [-0.3, -0.25) is 0 Å². The van der Waals surface area contributed by atoms with E-state index in [2.05, 4.69) is 35.7 Å². The fourth-order valence-corrected chi connectivity index (χ4v) is 4.01. The maximum absolute atomic E-state index is 11.6. The summed E-state index contributed by atoms with van der Waals surface area (Å²) in [5, 5.41) is 3.55. The van der Waals surface area contributed by atoms with Crippen molar-refractivity contribution in [2.45, 2.75) is 25.3 Å². The molecule has 0 aromatic heterocycles. The van der Waals surface area contributed by atoms with E-state index in [-0.39, 0.29) is 0 Å². The summed E-state index contributed by atoms with van der Waals surface area (Å²) >= 11 is 0. The molecule has 1 saturated heterocycles. The standard InChI is InChI=1S/C16H22N2O2S/c1-21(19,20)18-11-8-13(9-12-18)14-5-2-3-6-15(14)16-7-4-10-17-16/h2-3,5-6,8,16-17H,4,7,9-12H2,1H3. The van der Waals surface area contributed by atoms with Gasteiger partial charge in [0.1, 0.15) is 0 Å².